The molecule has 0 N–H and O–H groups in total. The lowest BCUT2D eigenvalue weighted by Crippen LogP contribution is -2.06. The summed E-state index contributed by atoms with van der Waals surface area (Å²) in [7, 11) is 0. The van der Waals surface area contributed by atoms with Crippen LogP contribution in [0.1, 0.15) is 22.5 Å². The number of ether oxygens (including phenoxy) is 1. The molecule has 2 aromatic heterocycles. The summed E-state index contributed by atoms with van der Waals surface area (Å²) in [6.45, 7) is 3.90. The first kappa shape index (κ1) is 17.2. The van der Waals surface area contributed by atoms with Crippen LogP contribution >= 0.6 is 15.9 Å². The standard InChI is InChI=1S/C19H15BrO5/c1-11-7-15-13(9-19(22)25-16(15)8-12(11)2)10-23-18(21)6-4-14-3-5-17(20)24-14/h3-9H,10H2,1-2H3/b6-4+. The molecule has 5 nitrogen and oxygen atoms in total. The molecule has 0 bridgehead atoms. The third-order valence-corrected chi connectivity index (χ3v) is 4.22. The highest BCUT2D eigenvalue weighted by Crippen LogP contribution is 2.22. The van der Waals surface area contributed by atoms with Crippen molar-refractivity contribution in [3.8, 4) is 0 Å². The van der Waals surface area contributed by atoms with Crippen molar-refractivity contribution in [3.05, 3.63) is 73.9 Å². The van der Waals surface area contributed by atoms with Gasteiger partial charge in [-0.25, -0.2) is 9.59 Å². The van der Waals surface area contributed by atoms with Crippen LogP contribution in [0.2, 0.25) is 0 Å². The monoisotopic (exact) mass is 402 g/mol. The van der Waals surface area contributed by atoms with Crippen LogP contribution in [0.25, 0.3) is 17.0 Å². The fourth-order valence-corrected chi connectivity index (χ4v) is 2.69. The summed E-state index contributed by atoms with van der Waals surface area (Å²) in [5, 5.41) is 0.759. The molecule has 0 saturated heterocycles. The minimum Gasteiger partial charge on any atom is -0.458 e. The number of furan rings is 1. The molecule has 128 valence electrons. The van der Waals surface area contributed by atoms with Crippen molar-refractivity contribution in [2.75, 3.05) is 0 Å². The van der Waals surface area contributed by atoms with Crippen LogP contribution in [0, 0.1) is 13.8 Å². The second kappa shape index (κ2) is 7.11. The van der Waals surface area contributed by atoms with Gasteiger partial charge in [-0.05, 0) is 71.2 Å². The third kappa shape index (κ3) is 4.09. The maximum Gasteiger partial charge on any atom is 0.336 e. The zero-order valence-corrected chi connectivity index (χ0v) is 15.3. The maximum atomic E-state index is 11.9. The van der Waals surface area contributed by atoms with Crippen molar-refractivity contribution >= 4 is 38.9 Å². The van der Waals surface area contributed by atoms with Gasteiger partial charge in [0.05, 0.1) is 0 Å². The third-order valence-electron chi connectivity index (χ3n) is 3.79. The first-order valence-electron chi connectivity index (χ1n) is 7.56. The van der Waals surface area contributed by atoms with Gasteiger partial charge in [-0.3, -0.25) is 0 Å². The molecule has 0 aliphatic heterocycles. The van der Waals surface area contributed by atoms with Crippen LogP contribution in [0.3, 0.4) is 0 Å². The number of rotatable bonds is 4. The molecule has 6 heteroatoms. The summed E-state index contributed by atoms with van der Waals surface area (Å²) in [6, 6.07) is 8.52. The summed E-state index contributed by atoms with van der Waals surface area (Å²) in [4.78, 5) is 23.6. The van der Waals surface area contributed by atoms with Crippen LogP contribution in [-0.4, -0.2) is 5.97 Å². The second-order valence-corrected chi connectivity index (χ2v) is 6.39. The topological polar surface area (TPSA) is 69.7 Å². The second-order valence-electron chi connectivity index (χ2n) is 5.61. The number of halogens is 1. The molecule has 3 aromatic rings. The van der Waals surface area contributed by atoms with Gasteiger partial charge < -0.3 is 13.6 Å². The van der Waals surface area contributed by atoms with Gasteiger partial charge in [0.1, 0.15) is 18.0 Å². The molecule has 2 heterocycles. The Hall–Kier alpha value is -2.60. The number of hydrogen-bond donors (Lipinski definition) is 0. The smallest absolute Gasteiger partial charge is 0.336 e. The van der Waals surface area contributed by atoms with Crippen LogP contribution in [-0.2, 0) is 16.1 Å². The molecule has 1 aromatic carbocycles. The van der Waals surface area contributed by atoms with Crippen LogP contribution in [0.15, 0.2) is 54.7 Å². The number of carbonyl (C=O) groups excluding carboxylic acids is 1. The lowest BCUT2D eigenvalue weighted by molar-refractivity contribution is -0.138. The lowest BCUT2D eigenvalue weighted by atomic mass is 10.0. The Kier molecular flexibility index (Phi) is 4.90. The predicted molar refractivity (Wildman–Crippen MR) is 97.2 cm³/mol. The number of fused-ring (bicyclic) bond motifs is 1. The minimum atomic E-state index is -0.530. The SMILES string of the molecule is Cc1cc2oc(=O)cc(COC(=O)/C=C/c3ccc(Br)o3)c2cc1C. The fourth-order valence-electron chi connectivity index (χ4n) is 2.37. The summed E-state index contributed by atoms with van der Waals surface area (Å²) in [5.74, 6) is -0.00141. The first-order chi connectivity index (χ1) is 11.9. The Bertz CT molecular complexity index is 1030. The van der Waals surface area contributed by atoms with E-state index in [1.807, 2.05) is 26.0 Å². The summed E-state index contributed by atoms with van der Waals surface area (Å²) < 4.78 is 16.3. The van der Waals surface area contributed by atoms with Gasteiger partial charge in [-0.2, -0.15) is 0 Å². The summed E-state index contributed by atoms with van der Waals surface area (Å²) in [6.07, 6.45) is 2.78. The van der Waals surface area contributed by atoms with Crippen molar-refractivity contribution in [2.24, 2.45) is 0 Å². The highest BCUT2D eigenvalue weighted by atomic mass is 79.9. The average Bonchev–Trinajstić information content (AvgIpc) is 2.98. The van der Waals surface area contributed by atoms with E-state index < -0.39 is 11.6 Å². The Morgan fingerprint density at radius 1 is 1.16 bits per heavy atom. The van der Waals surface area contributed by atoms with E-state index in [-0.39, 0.29) is 6.61 Å². The molecule has 0 unspecified atom stereocenters. The van der Waals surface area contributed by atoms with E-state index in [2.05, 4.69) is 15.9 Å². The van der Waals surface area contributed by atoms with E-state index in [0.29, 0.717) is 21.6 Å². The first-order valence-corrected chi connectivity index (χ1v) is 8.36. The summed E-state index contributed by atoms with van der Waals surface area (Å²) in [5.41, 5.74) is 2.71. The van der Waals surface area contributed by atoms with Gasteiger partial charge in [-0.15, -0.1) is 0 Å². The van der Waals surface area contributed by atoms with E-state index in [4.69, 9.17) is 13.6 Å². The molecule has 0 amide bonds. The van der Waals surface area contributed by atoms with Crippen molar-refractivity contribution in [2.45, 2.75) is 20.5 Å². The maximum absolute atomic E-state index is 11.9. The van der Waals surface area contributed by atoms with Gasteiger partial charge in [0, 0.05) is 23.1 Å². The number of esters is 1. The van der Waals surface area contributed by atoms with Crippen LogP contribution in [0.4, 0.5) is 0 Å². The quantitative estimate of drug-likeness (QED) is 0.364. The van der Waals surface area contributed by atoms with Crippen molar-refractivity contribution in [3.63, 3.8) is 0 Å². The van der Waals surface area contributed by atoms with Gasteiger partial charge in [0.2, 0.25) is 0 Å². The molecule has 0 saturated carbocycles. The molecule has 0 aliphatic rings. The Labute approximate surface area is 152 Å². The lowest BCUT2D eigenvalue weighted by Gasteiger charge is -2.08. The van der Waals surface area contributed by atoms with Crippen molar-refractivity contribution < 1.29 is 18.4 Å². The normalized spacial score (nSPS) is 11.3. The Morgan fingerprint density at radius 2 is 1.92 bits per heavy atom. The Balaban J connectivity index is 1.78. The highest BCUT2D eigenvalue weighted by molar-refractivity contribution is 9.10. The van der Waals surface area contributed by atoms with Gasteiger partial charge in [0.25, 0.3) is 0 Å². The van der Waals surface area contributed by atoms with Crippen molar-refractivity contribution in [1.29, 1.82) is 0 Å². The van der Waals surface area contributed by atoms with Crippen LogP contribution in [0.5, 0.6) is 0 Å². The molecule has 0 spiro atoms. The minimum absolute atomic E-state index is 0.0182. The van der Waals surface area contributed by atoms with E-state index >= 15 is 0 Å². The largest absolute Gasteiger partial charge is 0.458 e. The number of hydrogen-bond acceptors (Lipinski definition) is 5. The predicted octanol–water partition coefficient (Wildman–Crippen LogP) is 4.52. The van der Waals surface area contributed by atoms with E-state index in [0.717, 1.165) is 16.5 Å². The van der Waals surface area contributed by atoms with E-state index in [9.17, 15) is 9.59 Å². The summed E-state index contributed by atoms with van der Waals surface area (Å²) >= 11 is 3.19. The van der Waals surface area contributed by atoms with Gasteiger partial charge in [-0.1, -0.05) is 0 Å². The van der Waals surface area contributed by atoms with Gasteiger partial charge >= 0.3 is 11.6 Å². The van der Waals surface area contributed by atoms with Gasteiger partial charge in [0.15, 0.2) is 4.67 Å². The molecule has 0 radical (unpaired) electrons. The van der Waals surface area contributed by atoms with Crippen molar-refractivity contribution in [1.82, 2.24) is 0 Å². The molecule has 0 fully saturated rings. The average molecular weight is 403 g/mol. The molecule has 3 rings (SSSR count). The zero-order chi connectivity index (χ0) is 18.0. The Morgan fingerprint density at radius 3 is 2.64 bits per heavy atom. The fraction of sp³-hybridized carbons (Fsp3) is 0.158. The number of benzene rings is 1. The molecule has 0 aliphatic carbocycles. The van der Waals surface area contributed by atoms with Crippen LogP contribution < -0.4 is 5.63 Å². The highest BCUT2D eigenvalue weighted by Gasteiger charge is 2.09. The molecule has 0 atom stereocenters. The molecule has 25 heavy (non-hydrogen) atoms. The zero-order valence-electron chi connectivity index (χ0n) is 13.7. The van der Waals surface area contributed by atoms with E-state index in [1.54, 1.807) is 12.1 Å². The number of carbonyl (C=O) groups is 1. The molecular formula is C19H15BrO5. The number of aryl methyl sites for hydroxylation is 2. The van der Waals surface area contributed by atoms with E-state index in [1.165, 1.54) is 18.2 Å². The molecular weight excluding hydrogens is 388 g/mol.